The van der Waals surface area contributed by atoms with E-state index in [-0.39, 0.29) is 5.69 Å². The number of carboxylic acid groups (broad SMARTS) is 1. The van der Waals surface area contributed by atoms with E-state index in [0.717, 1.165) is 19.1 Å². The molecule has 0 radical (unpaired) electrons. The van der Waals surface area contributed by atoms with E-state index in [2.05, 4.69) is 16.0 Å². The van der Waals surface area contributed by atoms with E-state index >= 15 is 0 Å². The smallest absolute Gasteiger partial charge is 0.322 e. The first kappa shape index (κ1) is 20.1. The number of hydrogen-bond donors (Lipinski definition) is 7. The van der Waals surface area contributed by atoms with Gasteiger partial charge in [-0.25, -0.2) is 4.79 Å². The van der Waals surface area contributed by atoms with E-state index in [9.17, 15) is 27.9 Å². The van der Waals surface area contributed by atoms with E-state index in [1.165, 1.54) is 0 Å². The molecule has 3 amide bonds. The Balaban J connectivity index is 3.10. The van der Waals surface area contributed by atoms with Crippen LogP contribution in [0.3, 0.4) is 0 Å². The molecule has 0 fully saturated rings. The Morgan fingerprint density at radius 3 is 2.16 bits per heavy atom. The highest BCUT2D eigenvalue weighted by molar-refractivity contribution is 7.85. The summed E-state index contributed by atoms with van der Waals surface area (Å²) in [5.41, 5.74) is 4.36. The largest absolute Gasteiger partial charge is 0.504 e. The number of hydrogen-bond acceptors (Lipinski definition) is 7. The molecule has 0 aliphatic heterocycles. The van der Waals surface area contributed by atoms with Crippen LogP contribution in [0.4, 0.5) is 16.2 Å². The van der Waals surface area contributed by atoms with Gasteiger partial charge in [-0.05, 0) is 12.1 Å². The van der Waals surface area contributed by atoms with E-state index in [0.29, 0.717) is 0 Å². The van der Waals surface area contributed by atoms with Crippen molar-refractivity contribution in [2.45, 2.75) is 17.9 Å². The van der Waals surface area contributed by atoms with Crippen molar-refractivity contribution in [2.24, 2.45) is 5.73 Å². The van der Waals surface area contributed by atoms with E-state index < -0.39 is 56.9 Å². The van der Waals surface area contributed by atoms with Crippen LogP contribution in [0.1, 0.15) is 6.92 Å². The summed E-state index contributed by atoms with van der Waals surface area (Å²) in [6.07, 6.45) is 0. The number of phenolic OH excluding ortho intramolecular Hbond substituents is 1. The summed E-state index contributed by atoms with van der Waals surface area (Å²) in [5, 5.41) is 24.9. The molecule has 138 valence electrons. The van der Waals surface area contributed by atoms with Crippen molar-refractivity contribution < 1.29 is 37.6 Å². The van der Waals surface area contributed by atoms with Crippen molar-refractivity contribution in [3.8, 4) is 5.75 Å². The normalized spacial score (nSPS) is 12.1. The summed E-state index contributed by atoms with van der Waals surface area (Å²) >= 11 is 0. The molecule has 13 heteroatoms. The van der Waals surface area contributed by atoms with Crippen molar-refractivity contribution in [3.05, 3.63) is 12.1 Å². The van der Waals surface area contributed by atoms with Crippen LogP contribution in [0.25, 0.3) is 0 Å². The maximum absolute atomic E-state index is 11.7. The second kappa shape index (κ2) is 7.78. The van der Waals surface area contributed by atoms with Crippen LogP contribution in [0.5, 0.6) is 5.75 Å². The van der Waals surface area contributed by atoms with Crippen LogP contribution in [0, 0.1) is 0 Å². The second-order valence-electron chi connectivity index (χ2n) is 4.80. The Kier molecular flexibility index (Phi) is 6.27. The number of nitrogens with two attached hydrogens (primary N) is 1. The van der Waals surface area contributed by atoms with Crippen LogP contribution in [-0.4, -0.2) is 53.7 Å². The average molecular weight is 376 g/mol. The zero-order chi connectivity index (χ0) is 19.4. The third kappa shape index (κ3) is 5.91. The molecule has 1 aromatic rings. The van der Waals surface area contributed by atoms with Gasteiger partial charge in [0, 0.05) is 13.5 Å². The molecule has 1 atom stereocenters. The number of carboxylic acids is 1. The predicted molar refractivity (Wildman–Crippen MR) is 84.9 cm³/mol. The van der Waals surface area contributed by atoms with Crippen molar-refractivity contribution in [1.82, 2.24) is 5.32 Å². The van der Waals surface area contributed by atoms with Gasteiger partial charge in [-0.15, -0.1) is 0 Å². The lowest BCUT2D eigenvalue weighted by Gasteiger charge is -2.14. The maximum atomic E-state index is 11.7. The van der Waals surface area contributed by atoms with Gasteiger partial charge in [-0.2, -0.15) is 8.42 Å². The Bertz CT molecular complexity index is 808. The summed E-state index contributed by atoms with van der Waals surface area (Å²) in [7, 11) is -4.70. The van der Waals surface area contributed by atoms with Crippen LogP contribution in [0.15, 0.2) is 17.0 Å². The highest BCUT2D eigenvalue weighted by Crippen LogP contribution is 2.35. The summed E-state index contributed by atoms with van der Waals surface area (Å²) in [5.74, 6) is -2.68. The zero-order valence-corrected chi connectivity index (χ0v) is 13.6. The van der Waals surface area contributed by atoms with Gasteiger partial charge in [0.25, 0.3) is 10.1 Å². The van der Waals surface area contributed by atoms with Gasteiger partial charge in [0.15, 0.2) is 5.75 Å². The number of anilines is 2. The van der Waals surface area contributed by atoms with Gasteiger partial charge in [0.1, 0.15) is 6.04 Å². The monoisotopic (exact) mass is 376 g/mol. The van der Waals surface area contributed by atoms with Crippen molar-refractivity contribution in [3.63, 3.8) is 0 Å². The predicted octanol–water partition coefficient (Wildman–Crippen LogP) is -0.869. The fourth-order valence-corrected chi connectivity index (χ4v) is 2.13. The van der Waals surface area contributed by atoms with Gasteiger partial charge in [-0.1, -0.05) is 0 Å². The molecular weight excluding hydrogens is 360 g/mol. The maximum Gasteiger partial charge on any atom is 0.322 e. The lowest BCUT2D eigenvalue weighted by atomic mass is 10.2. The quantitative estimate of drug-likeness (QED) is 0.243. The fourth-order valence-electron chi connectivity index (χ4n) is 1.59. The SMILES string of the molecule is CC(=O)Nc1cc(S(=O)(=O)O)cc(NC(=O)NC[C@H](N)C(=O)O)c1O. The molecule has 0 aliphatic rings. The lowest BCUT2D eigenvalue weighted by Crippen LogP contribution is -2.43. The minimum atomic E-state index is -4.70. The minimum Gasteiger partial charge on any atom is -0.504 e. The van der Waals surface area contributed by atoms with Crippen LogP contribution in [-0.2, 0) is 19.7 Å². The van der Waals surface area contributed by atoms with Gasteiger partial charge in [0.2, 0.25) is 5.91 Å². The van der Waals surface area contributed by atoms with E-state index in [1.54, 1.807) is 0 Å². The standard InChI is InChI=1S/C12H16N4O8S/c1-5(17)15-8-2-6(25(22,23)24)3-9(10(8)18)16-12(21)14-4-7(13)11(19)20/h2-3,7,18H,4,13H2,1H3,(H,15,17)(H,19,20)(H2,14,16,21)(H,22,23,24)/t7-/m0/s1. The van der Waals surface area contributed by atoms with Crippen LogP contribution < -0.4 is 21.7 Å². The molecule has 0 spiro atoms. The van der Waals surface area contributed by atoms with Crippen LogP contribution >= 0.6 is 0 Å². The molecule has 8 N–H and O–H groups in total. The molecule has 12 nitrogen and oxygen atoms in total. The molecule has 0 aliphatic carbocycles. The molecular formula is C12H16N4O8S. The van der Waals surface area contributed by atoms with Crippen LogP contribution in [0.2, 0.25) is 0 Å². The number of amides is 3. The first-order valence-electron chi connectivity index (χ1n) is 6.57. The molecule has 0 saturated heterocycles. The summed E-state index contributed by atoms with van der Waals surface area (Å²) < 4.78 is 31.6. The Labute approximate surface area is 141 Å². The fraction of sp³-hybridized carbons (Fsp3) is 0.250. The molecule has 1 aromatic carbocycles. The lowest BCUT2D eigenvalue weighted by molar-refractivity contribution is -0.138. The first-order chi connectivity index (χ1) is 11.4. The highest BCUT2D eigenvalue weighted by atomic mass is 32.2. The molecule has 0 unspecified atom stereocenters. The minimum absolute atomic E-state index is 0.375. The highest BCUT2D eigenvalue weighted by Gasteiger charge is 2.20. The average Bonchev–Trinajstić information content (AvgIpc) is 2.46. The Hall–Kier alpha value is -2.90. The summed E-state index contributed by atoms with van der Waals surface area (Å²) in [6, 6.07) is -0.853. The molecule has 0 bridgehead atoms. The van der Waals surface area contributed by atoms with Crippen molar-refractivity contribution >= 4 is 39.4 Å². The van der Waals surface area contributed by atoms with E-state index in [4.69, 9.17) is 15.4 Å². The topological polar surface area (TPSA) is 208 Å². The molecule has 1 rings (SSSR count). The van der Waals surface area contributed by atoms with Gasteiger partial charge < -0.3 is 31.9 Å². The number of aliphatic carboxylic acids is 1. The second-order valence-corrected chi connectivity index (χ2v) is 6.22. The molecule has 0 heterocycles. The molecule has 0 aromatic heterocycles. The number of carbonyl (C=O) groups is 3. The number of phenols is 1. The number of rotatable bonds is 6. The van der Waals surface area contributed by atoms with Crippen molar-refractivity contribution in [1.29, 1.82) is 0 Å². The number of carbonyl (C=O) groups excluding carboxylic acids is 2. The zero-order valence-electron chi connectivity index (χ0n) is 12.8. The Morgan fingerprint density at radius 1 is 1.20 bits per heavy atom. The number of urea groups is 1. The molecule has 25 heavy (non-hydrogen) atoms. The van der Waals surface area contributed by atoms with Gasteiger partial charge >= 0.3 is 12.0 Å². The van der Waals surface area contributed by atoms with Crippen molar-refractivity contribution in [2.75, 3.05) is 17.2 Å². The van der Waals surface area contributed by atoms with Gasteiger partial charge in [-0.3, -0.25) is 14.1 Å². The summed E-state index contributed by atoms with van der Waals surface area (Å²) in [4.78, 5) is 32.7. The molecule has 0 saturated carbocycles. The number of benzene rings is 1. The third-order valence-electron chi connectivity index (χ3n) is 2.74. The summed E-state index contributed by atoms with van der Waals surface area (Å²) in [6.45, 7) is 0.644. The number of nitrogens with one attached hydrogen (secondary N) is 3. The first-order valence-corrected chi connectivity index (χ1v) is 8.01. The third-order valence-corrected chi connectivity index (χ3v) is 3.57. The number of aromatic hydroxyl groups is 1. The Morgan fingerprint density at radius 2 is 1.72 bits per heavy atom. The van der Waals surface area contributed by atoms with E-state index in [1.807, 2.05) is 0 Å². The van der Waals surface area contributed by atoms with Gasteiger partial charge in [0.05, 0.1) is 16.3 Å².